The minimum atomic E-state index is -0.898. The molecule has 340 valence electrons. The summed E-state index contributed by atoms with van der Waals surface area (Å²) in [6, 6.07) is 11.2. The number of nitro benzene ring substituents is 4. The molecular formula is C38H28F4N12O12. The molecule has 0 N–H and O–H groups in total. The first-order valence-corrected chi connectivity index (χ1v) is 18.1. The molecule has 0 unspecified atom stereocenters. The van der Waals surface area contributed by atoms with Crippen LogP contribution in [0.4, 0.5) is 40.3 Å². The molecule has 0 aliphatic carbocycles. The van der Waals surface area contributed by atoms with Gasteiger partial charge in [0.1, 0.15) is 0 Å². The molecule has 8 rings (SSSR count). The number of halogens is 4. The van der Waals surface area contributed by atoms with Crippen molar-refractivity contribution in [3.05, 3.63) is 159 Å². The monoisotopic (exact) mass is 920 g/mol. The number of nitrogens with zero attached hydrogens (tertiary/aromatic N) is 12. The molecule has 4 heterocycles. The van der Waals surface area contributed by atoms with E-state index in [1.165, 1.54) is 12.1 Å². The summed E-state index contributed by atoms with van der Waals surface area (Å²) in [6.07, 6.45) is 0. The fourth-order valence-electron chi connectivity index (χ4n) is 5.28. The molecule has 0 spiro atoms. The van der Waals surface area contributed by atoms with Crippen LogP contribution in [-0.2, 0) is 0 Å². The zero-order valence-corrected chi connectivity index (χ0v) is 34.6. The molecule has 0 radical (unpaired) electrons. The van der Waals surface area contributed by atoms with Gasteiger partial charge in [-0.15, -0.1) is 20.4 Å². The van der Waals surface area contributed by atoms with Crippen LogP contribution in [0.15, 0.2) is 78.5 Å². The number of nitro groups is 4. The Morgan fingerprint density at radius 2 is 0.879 bits per heavy atom. The van der Waals surface area contributed by atoms with Crippen LogP contribution in [-0.4, -0.2) is 60.4 Å². The van der Waals surface area contributed by atoms with Gasteiger partial charge in [-0.25, -0.2) is 0 Å². The van der Waals surface area contributed by atoms with Crippen LogP contribution in [0, 0.1) is 105 Å². The van der Waals surface area contributed by atoms with Crippen molar-refractivity contribution in [1.82, 2.24) is 40.7 Å². The topological polar surface area (TPSA) is 328 Å². The van der Waals surface area contributed by atoms with Gasteiger partial charge in [0.05, 0.1) is 19.7 Å². The highest BCUT2D eigenvalue weighted by atomic mass is 19.1. The Labute approximate surface area is 364 Å². The number of benzene rings is 4. The lowest BCUT2D eigenvalue weighted by Crippen LogP contribution is -1.95. The standard InChI is InChI=1S/2C10H8FN3O3.2C9H6FN3O3/c2*1-5-3-8(11)9(14(15)16)4-7(5)10-13-12-6(2)17-10;1-5-11-9(12-16-5)6-2-3-7(10)8(4-6)13(14)15;1-5-11-9(16-12-5)6-2-3-7(10)8(4-6)13(14)15/h2*3-4H,1-2H3;2*2-4H,1H3. The Morgan fingerprint density at radius 3 is 1.24 bits per heavy atom. The molecular weight excluding hydrogens is 892 g/mol. The first kappa shape index (κ1) is 47.8. The van der Waals surface area contributed by atoms with Crippen LogP contribution in [0.5, 0.6) is 0 Å². The van der Waals surface area contributed by atoms with Gasteiger partial charge in [-0.05, 0) is 68.3 Å². The summed E-state index contributed by atoms with van der Waals surface area (Å²) in [5.74, 6) is -1.53. The predicted octanol–water partition coefficient (Wildman–Crippen LogP) is 8.99. The van der Waals surface area contributed by atoms with Gasteiger partial charge in [0.15, 0.2) is 5.82 Å². The first-order chi connectivity index (χ1) is 31.1. The van der Waals surface area contributed by atoms with Gasteiger partial charge in [-0.3, -0.25) is 40.5 Å². The van der Waals surface area contributed by atoms with Crippen molar-refractivity contribution in [3.8, 4) is 45.8 Å². The number of hydrogen-bond acceptors (Lipinski definition) is 20. The normalized spacial score (nSPS) is 10.5. The molecule has 0 fully saturated rings. The predicted molar refractivity (Wildman–Crippen MR) is 214 cm³/mol. The summed E-state index contributed by atoms with van der Waals surface area (Å²) >= 11 is 0. The Hall–Kier alpha value is -9.24. The average molecular weight is 921 g/mol. The van der Waals surface area contributed by atoms with E-state index in [-0.39, 0.29) is 23.5 Å². The number of rotatable bonds is 8. The molecule has 66 heavy (non-hydrogen) atoms. The van der Waals surface area contributed by atoms with Crippen molar-refractivity contribution in [2.45, 2.75) is 41.5 Å². The zero-order valence-electron chi connectivity index (χ0n) is 34.6. The Bertz CT molecular complexity index is 2910. The van der Waals surface area contributed by atoms with Crippen LogP contribution in [0.2, 0.25) is 0 Å². The molecule has 24 nitrogen and oxygen atoms in total. The fourth-order valence-corrected chi connectivity index (χ4v) is 5.28. The third-order valence-electron chi connectivity index (χ3n) is 8.34. The van der Waals surface area contributed by atoms with E-state index < -0.39 is 65.7 Å². The Balaban J connectivity index is 0.000000165. The van der Waals surface area contributed by atoms with Gasteiger partial charge in [0.25, 0.3) is 5.89 Å². The van der Waals surface area contributed by atoms with Gasteiger partial charge >= 0.3 is 22.7 Å². The second-order valence-electron chi connectivity index (χ2n) is 13.1. The maximum Gasteiger partial charge on any atom is 0.305 e. The number of aromatic nitrogens is 8. The molecule has 0 amide bonds. The van der Waals surface area contributed by atoms with Crippen molar-refractivity contribution >= 4 is 22.7 Å². The lowest BCUT2D eigenvalue weighted by molar-refractivity contribution is -0.387. The summed E-state index contributed by atoms with van der Waals surface area (Å²) in [4.78, 5) is 46.9. The summed E-state index contributed by atoms with van der Waals surface area (Å²) < 4.78 is 72.5. The summed E-state index contributed by atoms with van der Waals surface area (Å²) in [5.41, 5.74) is -0.0826. The Kier molecular flexibility index (Phi) is 14.7. The maximum atomic E-state index is 13.3. The van der Waals surface area contributed by atoms with Crippen LogP contribution in [0.1, 0.15) is 34.6 Å². The highest BCUT2D eigenvalue weighted by Crippen LogP contribution is 2.31. The van der Waals surface area contributed by atoms with Crippen molar-refractivity contribution in [3.63, 3.8) is 0 Å². The number of hydrogen-bond donors (Lipinski definition) is 0. The van der Waals surface area contributed by atoms with E-state index in [9.17, 15) is 58.0 Å². The van der Waals surface area contributed by atoms with Gasteiger partial charge in [-0.1, -0.05) is 10.3 Å². The first-order valence-electron chi connectivity index (χ1n) is 18.1. The quantitative estimate of drug-likeness (QED) is 0.0779. The smallest absolute Gasteiger partial charge is 0.305 e. The maximum absolute atomic E-state index is 13.3. The molecule has 8 aromatic rings. The van der Waals surface area contributed by atoms with Crippen molar-refractivity contribution < 1.29 is 55.1 Å². The molecule has 0 saturated carbocycles. The summed E-state index contributed by atoms with van der Waals surface area (Å²) in [7, 11) is 0. The van der Waals surface area contributed by atoms with Crippen LogP contribution < -0.4 is 0 Å². The number of aryl methyl sites for hydroxylation is 6. The van der Waals surface area contributed by atoms with Gasteiger partial charge in [0.2, 0.25) is 58.5 Å². The lowest BCUT2D eigenvalue weighted by Gasteiger charge is -2.01. The second-order valence-corrected chi connectivity index (χ2v) is 13.1. The fraction of sp³-hybridized carbons (Fsp3) is 0.158. The van der Waals surface area contributed by atoms with Crippen molar-refractivity contribution in [2.75, 3.05) is 0 Å². The van der Waals surface area contributed by atoms with E-state index in [0.29, 0.717) is 56.9 Å². The lowest BCUT2D eigenvalue weighted by atomic mass is 10.1. The van der Waals surface area contributed by atoms with Crippen LogP contribution in [0.3, 0.4) is 0 Å². The zero-order chi connectivity index (χ0) is 48.6. The molecule has 0 saturated heterocycles. The third kappa shape index (κ3) is 11.6. The van der Waals surface area contributed by atoms with Crippen LogP contribution >= 0.6 is 0 Å². The molecule has 28 heteroatoms. The molecule has 0 bridgehead atoms. The highest BCUT2D eigenvalue weighted by molar-refractivity contribution is 5.64. The van der Waals surface area contributed by atoms with E-state index in [1.54, 1.807) is 41.5 Å². The molecule has 4 aromatic heterocycles. The van der Waals surface area contributed by atoms with E-state index in [4.69, 9.17) is 17.9 Å². The van der Waals surface area contributed by atoms with Crippen LogP contribution in [0.25, 0.3) is 45.8 Å². The minimum absolute atomic E-state index is 0.126. The van der Waals surface area contributed by atoms with Gasteiger partial charge < -0.3 is 17.9 Å². The van der Waals surface area contributed by atoms with E-state index in [1.807, 2.05) is 0 Å². The molecule has 0 aliphatic rings. The van der Waals surface area contributed by atoms with E-state index in [2.05, 4.69) is 40.7 Å². The van der Waals surface area contributed by atoms with Gasteiger partial charge in [-0.2, -0.15) is 27.5 Å². The molecule has 0 atom stereocenters. The molecule has 0 aliphatic heterocycles. The third-order valence-corrected chi connectivity index (χ3v) is 8.34. The second kappa shape index (κ2) is 20.3. The summed E-state index contributed by atoms with van der Waals surface area (Å²) in [6.45, 7) is 9.64. The summed E-state index contributed by atoms with van der Waals surface area (Å²) in [5, 5.41) is 64.1. The van der Waals surface area contributed by atoms with Gasteiger partial charge in [0, 0.05) is 67.3 Å². The average Bonchev–Trinajstić information content (AvgIpc) is 4.08. The minimum Gasteiger partial charge on any atom is -0.421 e. The van der Waals surface area contributed by atoms with E-state index in [0.717, 1.165) is 48.5 Å². The molecule has 4 aromatic carbocycles. The largest absolute Gasteiger partial charge is 0.421 e. The highest BCUT2D eigenvalue weighted by Gasteiger charge is 2.22. The Morgan fingerprint density at radius 1 is 0.455 bits per heavy atom. The van der Waals surface area contributed by atoms with Crippen molar-refractivity contribution in [1.29, 1.82) is 0 Å². The SMILES string of the molecule is Cc1nc(-c2ccc(F)c([N+](=O)[O-])c2)no1.Cc1nnc(-c2cc([N+](=O)[O-])c(F)cc2C)o1.Cc1nnc(-c2cc([N+](=O)[O-])c(F)cc2C)o1.Cc1noc(-c2ccc(F)c([N+](=O)[O-])c2)n1. The van der Waals surface area contributed by atoms with E-state index >= 15 is 0 Å². The van der Waals surface area contributed by atoms with Crippen molar-refractivity contribution in [2.24, 2.45) is 0 Å².